The number of rotatable bonds is 4. The predicted octanol–water partition coefficient (Wildman–Crippen LogP) is 1.94. The number of aromatic amines is 1. The number of aryl methyl sites for hydroxylation is 1. The van der Waals surface area contributed by atoms with Gasteiger partial charge in [-0.05, 0) is 37.3 Å². The molecule has 3 rings (SSSR count). The van der Waals surface area contributed by atoms with E-state index in [1.807, 2.05) is 28.5 Å². The third-order valence-corrected chi connectivity index (χ3v) is 4.70. The van der Waals surface area contributed by atoms with Crippen molar-refractivity contribution in [2.45, 2.75) is 25.8 Å². The van der Waals surface area contributed by atoms with Crippen LogP contribution in [0.1, 0.15) is 23.4 Å². The second-order valence-electron chi connectivity index (χ2n) is 5.85. The summed E-state index contributed by atoms with van der Waals surface area (Å²) in [6.07, 6.45) is 5.25. The molecule has 2 N–H and O–H groups in total. The number of anilines is 1. The van der Waals surface area contributed by atoms with Crippen LogP contribution in [0.25, 0.3) is 6.08 Å². The van der Waals surface area contributed by atoms with Gasteiger partial charge in [-0.25, -0.2) is 4.98 Å². The third kappa shape index (κ3) is 4.32. The highest BCUT2D eigenvalue weighted by Crippen LogP contribution is 2.15. The molecule has 0 radical (unpaired) electrons. The van der Waals surface area contributed by atoms with Gasteiger partial charge in [0.25, 0.3) is 5.56 Å². The standard InChI is InChI=1S/C17H20N4O2S/c1-12-10-16(23)20-17(18-12)21-8-2-4-13(11-21)19-15(22)7-6-14-5-3-9-24-14/h3,5-7,9-10,13H,2,4,8,11H2,1H3,(H,19,22)(H,18,20,23)/b7-6+. The Hall–Kier alpha value is -2.41. The molecule has 1 aliphatic rings. The van der Waals surface area contributed by atoms with Crippen LogP contribution < -0.4 is 15.8 Å². The van der Waals surface area contributed by atoms with E-state index in [4.69, 9.17) is 0 Å². The Labute approximate surface area is 144 Å². The van der Waals surface area contributed by atoms with E-state index in [0.29, 0.717) is 18.2 Å². The van der Waals surface area contributed by atoms with E-state index in [9.17, 15) is 9.59 Å². The molecular weight excluding hydrogens is 324 g/mol. The fraction of sp³-hybridized carbons (Fsp3) is 0.353. The molecule has 0 saturated carbocycles. The maximum Gasteiger partial charge on any atom is 0.252 e. The third-order valence-electron chi connectivity index (χ3n) is 3.87. The summed E-state index contributed by atoms with van der Waals surface area (Å²) < 4.78 is 0. The lowest BCUT2D eigenvalue weighted by Crippen LogP contribution is -2.48. The predicted molar refractivity (Wildman–Crippen MR) is 96.3 cm³/mol. The van der Waals surface area contributed by atoms with Crippen LogP contribution in [0.15, 0.2) is 34.4 Å². The van der Waals surface area contributed by atoms with E-state index in [2.05, 4.69) is 15.3 Å². The van der Waals surface area contributed by atoms with E-state index in [-0.39, 0.29) is 17.5 Å². The number of carbonyl (C=O) groups excluding carboxylic acids is 1. The first kappa shape index (κ1) is 16.4. The summed E-state index contributed by atoms with van der Waals surface area (Å²) >= 11 is 1.59. The Morgan fingerprint density at radius 1 is 1.54 bits per heavy atom. The molecule has 1 saturated heterocycles. The number of amides is 1. The highest BCUT2D eigenvalue weighted by atomic mass is 32.1. The van der Waals surface area contributed by atoms with Crippen molar-refractivity contribution in [3.05, 3.63) is 50.6 Å². The van der Waals surface area contributed by atoms with Crippen LogP contribution in [0.2, 0.25) is 0 Å². The smallest absolute Gasteiger partial charge is 0.252 e. The summed E-state index contributed by atoms with van der Waals surface area (Å²) in [5.74, 6) is 0.481. The normalized spacial score (nSPS) is 18.0. The molecule has 0 bridgehead atoms. The minimum Gasteiger partial charge on any atom is -0.348 e. The minimum absolute atomic E-state index is 0.0463. The van der Waals surface area contributed by atoms with Crippen molar-refractivity contribution in [2.24, 2.45) is 0 Å². The van der Waals surface area contributed by atoms with E-state index in [1.54, 1.807) is 24.3 Å². The second-order valence-corrected chi connectivity index (χ2v) is 6.83. The molecule has 3 heterocycles. The van der Waals surface area contributed by atoms with Gasteiger partial charge in [-0.3, -0.25) is 14.6 Å². The lowest BCUT2D eigenvalue weighted by atomic mass is 10.1. The average Bonchev–Trinajstić information content (AvgIpc) is 3.06. The van der Waals surface area contributed by atoms with Gasteiger partial charge in [-0.15, -0.1) is 11.3 Å². The summed E-state index contributed by atoms with van der Waals surface area (Å²) in [6.45, 7) is 3.27. The zero-order valence-electron chi connectivity index (χ0n) is 13.5. The number of nitrogens with zero attached hydrogens (tertiary/aromatic N) is 2. The topological polar surface area (TPSA) is 78.1 Å². The SMILES string of the molecule is Cc1cc(=O)[nH]c(N2CCCC(NC(=O)/C=C/c3cccs3)C2)n1. The molecule has 1 unspecified atom stereocenters. The Bertz CT molecular complexity index is 782. The van der Waals surface area contributed by atoms with Gasteiger partial charge in [0, 0.05) is 41.8 Å². The Morgan fingerprint density at radius 3 is 3.17 bits per heavy atom. The number of H-pyrrole nitrogens is 1. The second kappa shape index (κ2) is 7.44. The Morgan fingerprint density at radius 2 is 2.42 bits per heavy atom. The van der Waals surface area contributed by atoms with E-state index in [0.717, 1.165) is 24.3 Å². The summed E-state index contributed by atoms with van der Waals surface area (Å²) in [6, 6.07) is 5.44. The molecular formula is C17H20N4O2S. The van der Waals surface area contributed by atoms with Crippen LogP contribution in [0.3, 0.4) is 0 Å². The number of aromatic nitrogens is 2. The van der Waals surface area contributed by atoms with Crippen molar-refractivity contribution >= 4 is 29.3 Å². The molecule has 0 aliphatic carbocycles. The lowest BCUT2D eigenvalue weighted by Gasteiger charge is -2.33. The fourth-order valence-corrected chi connectivity index (χ4v) is 3.41. The summed E-state index contributed by atoms with van der Waals surface area (Å²) in [4.78, 5) is 33.9. The quantitative estimate of drug-likeness (QED) is 0.831. The Kier molecular flexibility index (Phi) is 5.10. The van der Waals surface area contributed by atoms with E-state index < -0.39 is 0 Å². The van der Waals surface area contributed by atoms with Crippen LogP contribution in [0.4, 0.5) is 5.95 Å². The monoisotopic (exact) mass is 344 g/mol. The van der Waals surface area contributed by atoms with Crippen molar-refractivity contribution in [3.63, 3.8) is 0 Å². The van der Waals surface area contributed by atoms with Gasteiger partial charge in [0.15, 0.2) is 0 Å². The van der Waals surface area contributed by atoms with Gasteiger partial charge in [0.2, 0.25) is 11.9 Å². The molecule has 6 nitrogen and oxygen atoms in total. The summed E-state index contributed by atoms with van der Waals surface area (Å²) in [5.41, 5.74) is 0.543. The highest BCUT2D eigenvalue weighted by Gasteiger charge is 2.22. The first-order valence-corrected chi connectivity index (χ1v) is 8.83. The maximum absolute atomic E-state index is 12.1. The highest BCUT2D eigenvalue weighted by molar-refractivity contribution is 7.10. The van der Waals surface area contributed by atoms with Gasteiger partial charge >= 0.3 is 0 Å². The van der Waals surface area contributed by atoms with Crippen molar-refractivity contribution < 1.29 is 4.79 Å². The van der Waals surface area contributed by atoms with Crippen molar-refractivity contribution in [1.29, 1.82) is 0 Å². The van der Waals surface area contributed by atoms with Crippen LogP contribution in [-0.2, 0) is 4.79 Å². The van der Waals surface area contributed by atoms with Gasteiger partial charge in [-0.1, -0.05) is 6.07 Å². The zero-order chi connectivity index (χ0) is 16.9. The molecule has 0 aromatic carbocycles. The van der Waals surface area contributed by atoms with Gasteiger partial charge in [0.05, 0.1) is 0 Å². The van der Waals surface area contributed by atoms with Crippen molar-refractivity contribution in [3.8, 4) is 0 Å². The van der Waals surface area contributed by atoms with E-state index in [1.165, 1.54) is 6.07 Å². The molecule has 1 aliphatic heterocycles. The van der Waals surface area contributed by atoms with Crippen LogP contribution in [0, 0.1) is 6.92 Å². The van der Waals surface area contributed by atoms with Crippen LogP contribution >= 0.6 is 11.3 Å². The molecule has 2 aromatic rings. The largest absolute Gasteiger partial charge is 0.348 e. The van der Waals surface area contributed by atoms with Crippen LogP contribution in [-0.4, -0.2) is 35.0 Å². The molecule has 1 fully saturated rings. The van der Waals surface area contributed by atoms with Crippen molar-refractivity contribution in [2.75, 3.05) is 18.0 Å². The average molecular weight is 344 g/mol. The molecule has 1 amide bonds. The Balaban J connectivity index is 1.61. The van der Waals surface area contributed by atoms with Crippen LogP contribution in [0.5, 0.6) is 0 Å². The number of thiophene rings is 1. The molecule has 1 atom stereocenters. The fourth-order valence-electron chi connectivity index (χ4n) is 2.79. The number of hydrogen-bond donors (Lipinski definition) is 2. The first-order chi connectivity index (χ1) is 11.6. The number of piperidine rings is 1. The number of carbonyl (C=O) groups is 1. The minimum atomic E-state index is -0.150. The molecule has 2 aromatic heterocycles. The summed E-state index contributed by atoms with van der Waals surface area (Å²) in [5, 5.41) is 5.01. The number of nitrogens with one attached hydrogen (secondary N) is 2. The van der Waals surface area contributed by atoms with Gasteiger partial charge in [0.1, 0.15) is 0 Å². The first-order valence-electron chi connectivity index (χ1n) is 7.95. The summed E-state index contributed by atoms with van der Waals surface area (Å²) in [7, 11) is 0. The van der Waals surface area contributed by atoms with Crippen molar-refractivity contribution in [1.82, 2.24) is 15.3 Å². The molecule has 24 heavy (non-hydrogen) atoms. The van der Waals surface area contributed by atoms with Gasteiger partial charge < -0.3 is 10.2 Å². The zero-order valence-corrected chi connectivity index (χ0v) is 14.3. The lowest BCUT2D eigenvalue weighted by molar-refractivity contribution is -0.117. The molecule has 7 heteroatoms. The van der Waals surface area contributed by atoms with E-state index >= 15 is 0 Å². The number of hydrogen-bond acceptors (Lipinski definition) is 5. The molecule has 126 valence electrons. The van der Waals surface area contributed by atoms with Gasteiger partial charge in [-0.2, -0.15) is 0 Å². The maximum atomic E-state index is 12.1. The molecule has 0 spiro atoms.